The number of carbonyl (C=O) groups is 1. The lowest BCUT2D eigenvalue weighted by Gasteiger charge is -2.09. The van der Waals surface area contributed by atoms with Gasteiger partial charge in [-0.15, -0.1) is 0 Å². The highest BCUT2D eigenvalue weighted by Crippen LogP contribution is 2.42. The predicted octanol–water partition coefficient (Wildman–Crippen LogP) is 2.82. The van der Waals surface area contributed by atoms with Gasteiger partial charge in [0, 0.05) is 0 Å². The second-order valence-corrected chi connectivity index (χ2v) is 8.53. The summed E-state index contributed by atoms with van der Waals surface area (Å²) in [5.41, 5.74) is 4.85. The van der Waals surface area contributed by atoms with Crippen molar-refractivity contribution < 1.29 is 17.9 Å². The van der Waals surface area contributed by atoms with E-state index in [-0.39, 0.29) is 27.3 Å². The van der Waals surface area contributed by atoms with Crippen LogP contribution in [0.5, 0.6) is 5.75 Å². The van der Waals surface area contributed by atoms with E-state index >= 15 is 0 Å². The molecule has 0 atom stereocenters. The number of halogens is 2. The zero-order chi connectivity index (χ0) is 20.5. The standard InChI is InChI=1S/C17H16Cl2N4O4S/c1-20-28(25,26)8-9-3-5-10(6-4-9)22-23-15-13-12(21-17(15)24)7-11(18)16(27-2)14(13)19/h3-7,20,22H,8H2,1-2H3,(H,21,23,24). The van der Waals surface area contributed by atoms with Gasteiger partial charge in [0.2, 0.25) is 10.0 Å². The van der Waals surface area contributed by atoms with Crippen LogP contribution in [0.25, 0.3) is 0 Å². The molecule has 0 saturated carbocycles. The molecule has 1 heterocycles. The van der Waals surface area contributed by atoms with E-state index in [4.69, 9.17) is 27.9 Å². The fourth-order valence-corrected chi connectivity index (χ4v) is 4.08. The number of nitrogens with zero attached hydrogens (tertiary/aromatic N) is 1. The second kappa shape index (κ2) is 7.96. The third kappa shape index (κ3) is 4.07. The summed E-state index contributed by atoms with van der Waals surface area (Å²) in [6, 6.07) is 8.15. The third-order valence-corrected chi connectivity index (χ3v) is 5.98. The van der Waals surface area contributed by atoms with E-state index in [0.29, 0.717) is 22.5 Å². The predicted molar refractivity (Wildman–Crippen MR) is 110 cm³/mol. The molecule has 3 N–H and O–H groups in total. The summed E-state index contributed by atoms with van der Waals surface area (Å²) in [4.78, 5) is 12.3. The van der Waals surface area contributed by atoms with Gasteiger partial charge in [0.25, 0.3) is 5.91 Å². The molecule has 0 unspecified atom stereocenters. The number of sulfonamides is 1. The minimum absolute atomic E-state index is 0.0804. The Morgan fingerprint density at radius 1 is 1.21 bits per heavy atom. The van der Waals surface area contributed by atoms with Crippen LogP contribution in [0, 0.1) is 0 Å². The van der Waals surface area contributed by atoms with Crippen LogP contribution in [0.15, 0.2) is 35.4 Å². The molecule has 2 aromatic carbocycles. The molecule has 8 nitrogen and oxygen atoms in total. The van der Waals surface area contributed by atoms with Crippen LogP contribution in [-0.2, 0) is 20.6 Å². The van der Waals surface area contributed by atoms with Crippen molar-refractivity contribution in [1.82, 2.24) is 4.72 Å². The molecule has 0 bridgehead atoms. The number of hydrazone groups is 1. The molecule has 0 aromatic heterocycles. The fraction of sp³-hybridized carbons (Fsp3) is 0.176. The number of rotatable bonds is 6. The number of nitrogens with one attached hydrogen (secondary N) is 3. The molecule has 0 saturated heterocycles. The van der Waals surface area contributed by atoms with Gasteiger partial charge in [0.1, 0.15) is 0 Å². The van der Waals surface area contributed by atoms with Gasteiger partial charge in [-0.3, -0.25) is 10.2 Å². The highest BCUT2D eigenvalue weighted by molar-refractivity contribution is 7.88. The molecule has 1 aliphatic rings. The SMILES string of the molecule is CNS(=O)(=O)Cc1ccc(N/N=C2\C(=O)Nc3cc(Cl)c(OC)c(Cl)c32)cc1. The van der Waals surface area contributed by atoms with E-state index < -0.39 is 15.9 Å². The van der Waals surface area contributed by atoms with Gasteiger partial charge in [-0.05, 0) is 30.8 Å². The fourth-order valence-electron chi connectivity index (χ4n) is 2.61. The van der Waals surface area contributed by atoms with E-state index in [9.17, 15) is 13.2 Å². The molecular formula is C17H16Cl2N4O4S. The maximum atomic E-state index is 12.3. The molecule has 0 radical (unpaired) electrons. The number of anilines is 2. The molecular weight excluding hydrogens is 427 g/mol. The van der Waals surface area contributed by atoms with E-state index in [1.165, 1.54) is 14.2 Å². The summed E-state index contributed by atoms with van der Waals surface area (Å²) < 4.78 is 30.6. The average Bonchev–Trinajstić information content (AvgIpc) is 2.96. The van der Waals surface area contributed by atoms with Crippen molar-refractivity contribution in [3.05, 3.63) is 51.5 Å². The quantitative estimate of drug-likeness (QED) is 0.595. The van der Waals surface area contributed by atoms with E-state index in [2.05, 4.69) is 20.6 Å². The Balaban J connectivity index is 1.85. The molecule has 1 amide bonds. The Hall–Kier alpha value is -2.33. The summed E-state index contributed by atoms with van der Waals surface area (Å²) in [6.07, 6.45) is 0. The van der Waals surface area contributed by atoms with Crippen LogP contribution in [0.2, 0.25) is 10.0 Å². The molecule has 0 spiro atoms. The van der Waals surface area contributed by atoms with Crippen molar-refractivity contribution in [3.63, 3.8) is 0 Å². The van der Waals surface area contributed by atoms with Crippen molar-refractivity contribution in [3.8, 4) is 5.75 Å². The zero-order valence-corrected chi connectivity index (χ0v) is 17.2. The Kier molecular flexibility index (Phi) is 5.80. The highest BCUT2D eigenvalue weighted by atomic mass is 35.5. The summed E-state index contributed by atoms with van der Waals surface area (Å²) in [5, 5.41) is 7.24. The number of benzene rings is 2. The molecule has 0 fully saturated rings. The number of hydrogen-bond donors (Lipinski definition) is 3. The molecule has 148 valence electrons. The molecule has 0 aliphatic carbocycles. The Morgan fingerprint density at radius 3 is 2.50 bits per heavy atom. The summed E-state index contributed by atoms with van der Waals surface area (Å²) in [5.74, 6) is -0.323. The highest BCUT2D eigenvalue weighted by Gasteiger charge is 2.32. The van der Waals surface area contributed by atoms with E-state index in [1.807, 2.05) is 0 Å². The van der Waals surface area contributed by atoms with Crippen LogP contribution in [0.1, 0.15) is 11.1 Å². The Labute approximate surface area is 171 Å². The van der Waals surface area contributed by atoms with Gasteiger partial charge >= 0.3 is 0 Å². The van der Waals surface area contributed by atoms with Crippen LogP contribution in [-0.4, -0.2) is 34.2 Å². The zero-order valence-electron chi connectivity index (χ0n) is 14.8. The first-order chi connectivity index (χ1) is 13.3. The lowest BCUT2D eigenvalue weighted by molar-refractivity contribution is -0.110. The second-order valence-electron chi connectivity index (χ2n) is 5.81. The molecule has 28 heavy (non-hydrogen) atoms. The number of methoxy groups -OCH3 is 1. The minimum Gasteiger partial charge on any atom is -0.494 e. The van der Waals surface area contributed by atoms with Crippen LogP contribution >= 0.6 is 23.2 Å². The first-order valence-corrected chi connectivity index (χ1v) is 10.4. The summed E-state index contributed by atoms with van der Waals surface area (Å²) >= 11 is 12.4. The van der Waals surface area contributed by atoms with Crippen molar-refractivity contribution in [2.45, 2.75) is 5.75 Å². The van der Waals surface area contributed by atoms with Gasteiger partial charge in [-0.2, -0.15) is 5.10 Å². The topological polar surface area (TPSA) is 109 Å². The summed E-state index contributed by atoms with van der Waals surface area (Å²) in [6.45, 7) is 0. The van der Waals surface area contributed by atoms with Gasteiger partial charge < -0.3 is 10.1 Å². The van der Waals surface area contributed by atoms with E-state index in [0.717, 1.165) is 0 Å². The number of carbonyl (C=O) groups excluding carboxylic acids is 1. The van der Waals surface area contributed by atoms with Crippen molar-refractivity contribution in [1.29, 1.82) is 0 Å². The van der Waals surface area contributed by atoms with Crippen LogP contribution in [0.3, 0.4) is 0 Å². The monoisotopic (exact) mass is 442 g/mol. The maximum absolute atomic E-state index is 12.3. The number of fused-ring (bicyclic) bond motifs is 1. The largest absolute Gasteiger partial charge is 0.494 e. The number of amides is 1. The summed E-state index contributed by atoms with van der Waals surface area (Å²) in [7, 11) is -0.569. The van der Waals surface area contributed by atoms with Crippen LogP contribution < -0.4 is 20.2 Å². The smallest absolute Gasteiger partial charge is 0.276 e. The van der Waals surface area contributed by atoms with Gasteiger partial charge in [-0.1, -0.05) is 35.3 Å². The average molecular weight is 443 g/mol. The van der Waals surface area contributed by atoms with Crippen molar-refractivity contribution in [2.75, 3.05) is 24.9 Å². The molecule has 3 rings (SSSR count). The lowest BCUT2D eigenvalue weighted by atomic mass is 10.1. The molecule has 1 aliphatic heterocycles. The third-order valence-electron chi connectivity index (χ3n) is 4.00. The first-order valence-electron chi connectivity index (χ1n) is 7.97. The van der Waals surface area contributed by atoms with Gasteiger partial charge in [0.15, 0.2) is 11.5 Å². The van der Waals surface area contributed by atoms with Crippen LogP contribution in [0.4, 0.5) is 11.4 Å². The Morgan fingerprint density at radius 2 is 1.89 bits per heavy atom. The molecule has 2 aromatic rings. The maximum Gasteiger partial charge on any atom is 0.276 e. The number of ether oxygens (including phenoxy) is 1. The van der Waals surface area contributed by atoms with Crippen molar-refractivity contribution >= 4 is 56.2 Å². The minimum atomic E-state index is -3.35. The van der Waals surface area contributed by atoms with Gasteiger partial charge in [0.05, 0.1) is 39.8 Å². The van der Waals surface area contributed by atoms with Crippen molar-refractivity contribution in [2.24, 2.45) is 5.10 Å². The first kappa shape index (κ1) is 20.4. The normalized spacial score (nSPS) is 14.7. The van der Waals surface area contributed by atoms with E-state index in [1.54, 1.807) is 30.3 Å². The van der Waals surface area contributed by atoms with Gasteiger partial charge in [-0.25, -0.2) is 13.1 Å². The number of hydrogen-bond acceptors (Lipinski definition) is 6. The lowest BCUT2D eigenvalue weighted by Crippen LogP contribution is -2.20. The Bertz CT molecular complexity index is 1070. The molecule has 11 heteroatoms.